The Morgan fingerprint density at radius 1 is 0.204 bits per heavy atom. The average molecular weight is 1610 g/mol. The van der Waals surface area contributed by atoms with Gasteiger partial charge in [0.25, 0.3) is 0 Å². The fourth-order valence-electron chi connectivity index (χ4n) is 18.0. The van der Waals surface area contributed by atoms with E-state index in [2.05, 4.69) is 107 Å². The van der Waals surface area contributed by atoms with Gasteiger partial charge in [-0.1, -0.05) is 487 Å². The van der Waals surface area contributed by atoms with E-state index in [0.29, 0.717) is 0 Å². The standard InChI is InChI=1S/C62H104N2.2C24H49.Ni/c1-9-17-24-25-26-27-28-29-30-31-32-39-46-60-57(16-8)61(55-47-51(40-33-18-10-2)58(44-37-22-14-6)52(48-55)41-34-19-11-3)64(63)62(60)56-49-53(42-35-20-12-4)59(45-38-23-15-7)54(50-56)43-36-21-13-5;2*1-3-5-7-9-11-13-15-17-19-21-23-24-22-20-18-16-14-12-10-8-6-4-2;/h47-50H,9-46H2,1-8H3;2*1,3-24H2,2H3;/q;2*-1;+2. The number of allylic oxidation sites excluding steroid dienone is 2. The van der Waals surface area contributed by atoms with Gasteiger partial charge in [-0.3, -0.25) is 0 Å². The predicted octanol–water partition coefficient (Wildman–Crippen LogP) is 39.6. The van der Waals surface area contributed by atoms with E-state index in [1.165, 1.54) is 497 Å². The smallest absolute Gasteiger partial charge is 0.493 e. The zero-order valence-corrected chi connectivity index (χ0v) is 79.9. The molecule has 0 amide bonds. The molecular formula is C110H202N2Ni. The molecule has 0 unspecified atom stereocenters. The van der Waals surface area contributed by atoms with Crippen molar-refractivity contribution in [3.8, 4) is 0 Å². The van der Waals surface area contributed by atoms with Crippen LogP contribution in [0, 0.1) is 13.8 Å². The molecule has 0 aromatic heterocycles. The van der Waals surface area contributed by atoms with E-state index in [4.69, 9.17) is 0 Å². The van der Waals surface area contributed by atoms with Crippen LogP contribution in [0.2, 0.25) is 0 Å². The molecule has 113 heavy (non-hydrogen) atoms. The minimum Gasteiger partial charge on any atom is -0.493 e. The first-order valence-electron chi connectivity index (χ1n) is 52.1. The summed E-state index contributed by atoms with van der Waals surface area (Å²) in [5.41, 5.74) is 30.1. The summed E-state index contributed by atoms with van der Waals surface area (Å²) in [6, 6.07) is 10.3. The van der Waals surface area contributed by atoms with Crippen LogP contribution in [0.1, 0.15) is 602 Å². The predicted molar refractivity (Wildman–Crippen MR) is 511 cm³/mol. The first-order valence-corrected chi connectivity index (χ1v) is 52.1. The normalized spacial score (nSPS) is 12.2. The van der Waals surface area contributed by atoms with Crippen LogP contribution in [0.25, 0.3) is 16.9 Å². The van der Waals surface area contributed by atoms with E-state index >= 15 is 0 Å². The number of nitrogens with zero attached hydrogens (tertiary/aromatic N) is 2. The molecule has 0 aliphatic carbocycles. The van der Waals surface area contributed by atoms with E-state index in [1.807, 2.05) is 0 Å². The third kappa shape index (κ3) is 60.2. The molecule has 0 bridgehead atoms. The van der Waals surface area contributed by atoms with Gasteiger partial charge in [0.05, 0.1) is 0 Å². The van der Waals surface area contributed by atoms with Crippen LogP contribution in [-0.4, -0.2) is 4.70 Å². The second kappa shape index (κ2) is 86.4. The van der Waals surface area contributed by atoms with Crippen LogP contribution in [0.5, 0.6) is 0 Å². The minimum absolute atomic E-state index is 0. The molecule has 3 rings (SSSR count). The second-order valence-electron chi connectivity index (χ2n) is 36.1. The zero-order chi connectivity index (χ0) is 81.3. The Labute approximate surface area is 722 Å². The molecule has 0 saturated carbocycles. The van der Waals surface area contributed by atoms with Crippen LogP contribution in [0.4, 0.5) is 0 Å². The summed E-state index contributed by atoms with van der Waals surface area (Å²) >= 11 is 0. The van der Waals surface area contributed by atoms with E-state index in [9.17, 15) is 5.53 Å². The van der Waals surface area contributed by atoms with E-state index in [1.54, 1.807) is 38.1 Å². The third-order valence-corrected chi connectivity index (χ3v) is 25.4. The Hall–Kier alpha value is -1.99. The van der Waals surface area contributed by atoms with Gasteiger partial charge >= 0.3 is 16.5 Å². The Kier molecular flexibility index (Phi) is 84.9. The molecule has 0 radical (unpaired) electrons. The maximum absolute atomic E-state index is 13.0. The maximum atomic E-state index is 13.0. The Bertz CT molecular complexity index is 2250. The van der Waals surface area contributed by atoms with Crippen molar-refractivity contribution in [2.45, 2.75) is 596 Å². The van der Waals surface area contributed by atoms with Gasteiger partial charge in [0, 0.05) is 22.3 Å². The molecule has 662 valence electrons. The average Bonchev–Trinajstić information content (AvgIpc) is 1.60. The summed E-state index contributed by atoms with van der Waals surface area (Å²) in [6.07, 6.45) is 112. The molecule has 0 fully saturated rings. The Morgan fingerprint density at radius 2 is 0.363 bits per heavy atom. The first kappa shape index (κ1) is 111. The molecule has 2 aromatic rings. The minimum atomic E-state index is 0. The number of rotatable bonds is 82. The van der Waals surface area contributed by atoms with Crippen molar-refractivity contribution in [3.63, 3.8) is 0 Å². The number of hydrogen-bond donors (Lipinski definition) is 0. The molecule has 1 aliphatic rings. The van der Waals surface area contributed by atoms with Gasteiger partial charge in [-0.15, -0.1) is 0 Å². The van der Waals surface area contributed by atoms with Gasteiger partial charge < -0.3 is 19.4 Å². The van der Waals surface area contributed by atoms with Crippen LogP contribution in [0.3, 0.4) is 0 Å². The van der Waals surface area contributed by atoms with Crippen LogP contribution in [-0.2, 0) is 55.0 Å². The molecule has 3 heteroatoms. The summed E-state index contributed by atoms with van der Waals surface area (Å²) in [5, 5.41) is 0. The number of unbranched alkanes of at least 4 members (excludes halogenated alkanes) is 65. The van der Waals surface area contributed by atoms with Crippen molar-refractivity contribution >= 4 is 11.4 Å². The van der Waals surface area contributed by atoms with Crippen molar-refractivity contribution in [1.29, 1.82) is 0 Å². The van der Waals surface area contributed by atoms with Crippen LogP contribution >= 0.6 is 0 Å². The quantitative estimate of drug-likeness (QED) is 0.0273. The number of benzene rings is 2. The Balaban J connectivity index is 0.00000209. The molecular weight excluding hydrogens is 1410 g/mol. The molecule has 0 spiro atoms. The van der Waals surface area contributed by atoms with Crippen LogP contribution in [0.15, 0.2) is 35.4 Å². The molecule has 0 atom stereocenters. The van der Waals surface area contributed by atoms with Crippen molar-refractivity contribution in [2.24, 2.45) is 0 Å². The zero-order valence-electron chi connectivity index (χ0n) is 78.9. The Morgan fingerprint density at radius 3 is 0.558 bits per heavy atom. The maximum Gasteiger partial charge on any atom is 2.00 e. The van der Waals surface area contributed by atoms with E-state index < -0.39 is 0 Å². The van der Waals surface area contributed by atoms with Gasteiger partial charge in [0.15, 0.2) is 0 Å². The van der Waals surface area contributed by atoms with Crippen molar-refractivity contribution in [2.75, 3.05) is 0 Å². The van der Waals surface area contributed by atoms with Crippen molar-refractivity contribution in [1.82, 2.24) is 0 Å². The third-order valence-electron chi connectivity index (χ3n) is 25.4. The number of hydrogen-bond acceptors (Lipinski definition) is 0. The van der Waals surface area contributed by atoms with Crippen molar-refractivity contribution < 1.29 is 21.2 Å². The molecule has 2 nitrogen and oxygen atoms in total. The SMILES string of the molecule is CCCCCCCCCCCCCCC1=C(c2cc(CCCCC)c(CCCCC)c(CCCCC)c2)[N+](=[N-])C(c2cc(CCCCC)c(CCCCC)c(CCCCC)c2)=C1CC.[CH2-]CCCCCCCCCCCCCCCCCCCCCCC.[CH2-]CCCCCCCCCCCCCCCCCCCCCCC.[Ni+2]. The summed E-state index contributed by atoms with van der Waals surface area (Å²) in [6.45, 7) is 31.1. The van der Waals surface area contributed by atoms with Gasteiger partial charge in [-0.05, 0) is 154 Å². The molecule has 1 aliphatic heterocycles. The van der Waals surface area contributed by atoms with Gasteiger partial charge in [-0.25, -0.2) is 4.70 Å². The topological polar surface area (TPSA) is 25.3 Å². The number of aryl methyl sites for hydroxylation is 4. The van der Waals surface area contributed by atoms with Crippen LogP contribution < -0.4 is 0 Å². The second-order valence-corrected chi connectivity index (χ2v) is 36.1. The molecule has 0 N–H and O–H groups in total. The summed E-state index contributed by atoms with van der Waals surface area (Å²) < 4.78 is 1.74. The summed E-state index contributed by atoms with van der Waals surface area (Å²) in [4.78, 5) is 0. The fraction of sp³-hybridized carbons (Fsp3) is 0.836. The molecule has 0 saturated heterocycles. The molecule has 2 aromatic carbocycles. The van der Waals surface area contributed by atoms with Gasteiger partial charge in [0.1, 0.15) is 0 Å². The fourth-order valence-corrected chi connectivity index (χ4v) is 18.0. The molecule has 1 heterocycles. The monoisotopic (exact) mass is 1610 g/mol. The van der Waals surface area contributed by atoms with Gasteiger partial charge in [0.2, 0.25) is 11.4 Å². The summed E-state index contributed by atoms with van der Waals surface area (Å²) in [7, 11) is 0. The van der Waals surface area contributed by atoms with E-state index in [0.717, 1.165) is 62.8 Å². The van der Waals surface area contributed by atoms with Gasteiger partial charge in [-0.2, -0.15) is 12.8 Å². The summed E-state index contributed by atoms with van der Waals surface area (Å²) in [5.74, 6) is 0. The first-order chi connectivity index (χ1) is 55.3. The largest absolute Gasteiger partial charge is 2.00 e. The van der Waals surface area contributed by atoms with E-state index in [-0.39, 0.29) is 16.5 Å². The van der Waals surface area contributed by atoms with Crippen molar-refractivity contribution in [3.05, 3.63) is 99.3 Å².